The summed E-state index contributed by atoms with van der Waals surface area (Å²) < 4.78 is 16.9. The molecule has 2 aromatic carbocycles. The summed E-state index contributed by atoms with van der Waals surface area (Å²) in [5, 5.41) is 12.2. The molecule has 57 heavy (non-hydrogen) atoms. The molecular formula is C43H69N7O7. The van der Waals surface area contributed by atoms with E-state index in [1.807, 2.05) is 97.0 Å². The standard InChI is InChI=1S/C41H63N7O7.C2H6/c1-8-34(49)32(43-6)18-13-14-23-45-39(52)54-26-24-44-37-30-16-10-9-15-29(30)27-48(33-19-12-11-17-31(33)38(37)47-42)36(51)21-20-35(50)46-28-41(4,5)55-25-22-40(2,3)53-7;1-2/h9-12,15-17,19,32,43-44,47H,8,13-14,18,20-28,42H2,1-7H3,(H,45,52)(H,46,50);1-2H3/b38-37-;. The topological polar surface area (TPSA) is 185 Å². The number of nitrogens with two attached hydrogens (primary N) is 1. The second-order valence-corrected chi connectivity index (χ2v) is 14.8. The molecule has 1 unspecified atom stereocenters. The number of para-hydroxylation sites is 1. The number of unbranched alkanes of at least 4 members (excludes halogenated alkanes) is 1. The van der Waals surface area contributed by atoms with Crippen LogP contribution >= 0.6 is 0 Å². The fourth-order valence-corrected chi connectivity index (χ4v) is 6.13. The lowest BCUT2D eigenvalue weighted by Crippen LogP contribution is -2.42. The van der Waals surface area contributed by atoms with Crippen LogP contribution in [0.5, 0.6) is 0 Å². The molecule has 0 fully saturated rings. The van der Waals surface area contributed by atoms with Crippen LogP contribution in [-0.4, -0.2) is 87.9 Å². The van der Waals surface area contributed by atoms with E-state index in [2.05, 4.69) is 26.7 Å². The van der Waals surface area contributed by atoms with E-state index >= 15 is 0 Å². The van der Waals surface area contributed by atoms with Crippen LogP contribution in [0.4, 0.5) is 10.5 Å². The van der Waals surface area contributed by atoms with E-state index in [9.17, 15) is 19.2 Å². The Labute approximate surface area is 340 Å². The van der Waals surface area contributed by atoms with E-state index in [0.29, 0.717) is 61.6 Å². The molecule has 14 heteroatoms. The lowest BCUT2D eigenvalue weighted by Gasteiger charge is -2.31. The quantitative estimate of drug-likeness (QED) is 0.0480. The lowest BCUT2D eigenvalue weighted by molar-refractivity contribution is -0.126. The van der Waals surface area contributed by atoms with Crippen molar-refractivity contribution in [3.63, 3.8) is 0 Å². The number of methoxy groups -OCH3 is 1. The first-order valence-electron chi connectivity index (χ1n) is 20.2. The Balaban J connectivity index is 0.00000551. The fraction of sp³-hybridized carbons (Fsp3) is 0.581. The van der Waals surface area contributed by atoms with Crippen LogP contribution in [0.3, 0.4) is 0 Å². The average molecular weight is 796 g/mol. The van der Waals surface area contributed by atoms with Gasteiger partial charge < -0.3 is 45.8 Å². The lowest BCUT2D eigenvalue weighted by atomic mass is 9.95. The molecule has 0 bridgehead atoms. The van der Waals surface area contributed by atoms with Crippen LogP contribution in [0.2, 0.25) is 0 Å². The molecule has 318 valence electrons. The zero-order valence-electron chi connectivity index (χ0n) is 35.8. The monoisotopic (exact) mass is 796 g/mol. The molecule has 1 atom stereocenters. The number of nitrogens with zero attached hydrogens (tertiary/aromatic N) is 1. The smallest absolute Gasteiger partial charge is 0.407 e. The van der Waals surface area contributed by atoms with E-state index in [-0.39, 0.29) is 61.8 Å². The van der Waals surface area contributed by atoms with E-state index in [1.54, 1.807) is 19.1 Å². The van der Waals surface area contributed by atoms with Crippen molar-refractivity contribution in [1.29, 1.82) is 0 Å². The van der Waals surface area contributed by atoms with Gasteiger partial charge in [-0.05, 0) is 72.1 Å². The van der Waals surface area contributed by atoms with Gasteiger partial charge in [0, 0.05) is 57.1 Å². The van der Waals surface area contributed by atoms with Gasteiger partial charge >= 0.3 is 6.09 Å². The molecular weight excluding hydrogens is 727 g/mol. The molecule has 7 N–H and O–H groups in total. The third-order valence-corrected chi connectivity index (χ3v) is 9.71. The molecule has 1 aliphatic heterocycles. The molecule has 0 saturated heterocycles. The minimum Gasteiger partial charge on any atom is -0.448 e. The number of ketones is 1. The van der Waals surface area contributed by atoms with Crippen molar-refractivity contribution in [2.75, 3.05) is 51.9 Å². The van der Waals surface area contributed by atoms with Crippen molar-refractivity contribution in [1.82, 2.24) is 26.7 Å². The summed E-state index contributed by atoms with van der Waals surface area (Å²) >= 11 is 0. The van der Waals surface area contributed by atoms with Gasteiger partial charge in [-0.25, -0.2) is 4.79 Å². The van der Waals surface area contributed by atoms with Gasteiger partial charge in [0.05, 0.1) is 47.5 Å². The first-order chi connectivity index (χ1) is 27.3. The number of hydrogen-bond acceptors (Lipinski definition) is 11. The molecule has 1 heterocycles. The van der Waals surface area contributed by atoms with Crippen LogP contribution in [0.15, 0.2) is 48.5 Å². The zero-order chi connectivity index (χ0) is 42.4. The second-order valence-electron chi connectivity index (χ2n) is 14.8. The van der Waals surface area contributed by atoms with Gasteiger partial charge in [0.2, 0.25) is 11.8 Å². The third-order valence-electron chi connectivity index (χ3n) is 9.71. The molecule has 0 aromatic heterocycles. The highest BCUT2D eigenvalue weighted by Crippen LogP contribution is 2.35. The van der Waals surface area contributed by atoms with Gasteiger partial charge in [-0.15, -0.1) is 0 Å². The third kappa shape index (κ3) is 16.1. The van der Waals surface area contributed by atoms with E-state index < -0.39 is 11.7 Å². The minimum absolute atomic E-state index is 0.000256. The van der Waals surface area contributed by atoms with Crippen molar-refractivity contribution in [3.05, 3.63) is 65.2 Å². The number of carbonyl (C=O) groups excluding carboxylic acids is 4. The normalized spacial score (nSPS) is 14.4. The summed E-state index contributed by atoms with van der Waals surface area (Å²) in [4.78, 5) is 52.9. The number of anilines is 1. The predicted octanol–water partition coefficient (Wildman–Crippen LogP) is 5.41. The summed E-state index contributed by atoms with van der Waals surface area (Å²) in [6, 6.07) is 15.0. The van der Waals surface area contributed by atoms with Crippen molar-refractivity contribution in [2.24, 2.45) is 5.84 Å². The maximum atomic E-state index is 13.9. The summed E-state index contributed by atoms with van der Waals surface area (Å²) in [5.74, 6) is 5.91. The number of Topliss-reactive ketones (excluding diaryl/α,β-unsaturated/α-hetero) is 1. The Morgan fingerprint density at radius 1 is 0.860 bits per heavy atom. The molecule has 0 radical (unpaired) electrons. The zero-order valence-corrected chi connectivity index (χ0v) is 35.8. The highest BCUT2D eigenvalue weighted by Gasteiger charge is 2.28. The molecule has 2 aromatic rings. The van der Waals surface area contributed by atoms with Gasteiger partial charge in [-0.3, -0.25) is 20.2 Å². The largest absolute Gasteiger partial charge is 0.448 e. The van der Waals surface area contributed by atoms with Crippen LogP contribution < -0.4 is 37.4 Å². The maximum absolute atomic E-state index is 13.9. The van der Waals surface area contributed by atoms with Gasteiger partial charge in [0.25, 0.3) is 0 Å². The molecule has 0 saturated carbocycles. The van der Waals surface area contributed by atoms with Gasteiger partial charge in [-0.1, -0.05) is 63.2 Å². The van der Waals surface area contributed by atoms with E-state index in [0.717, 1.165) is 24.0 Å². The van der Waals surface area contributed by atoms with Gasteiger partial charge in [0.1, 0.15) is 12.4 Å². The number of ether oxygens (including phenoxy) is 3. The molecule has 1 aliphatic rings. The number of amides is 3. The van der Waals surface area contributed by atoms with Crippen molar-refractivity contribution >= 4 is 40.8 Å². The van der Waals surface area contributed by atoms with Crippen molar-refractivity contribution < 1.29 is 33.4 Å². The summed E-state index contributed by atoms with van der Waals surface area (Å²) in [6.45, 7) is 15.6. The average Bonchev–Trinajstić information content (AvgIpc) is 3.20. The number of likely N-dealkylation sites (N-methyl/N-ethyl adjacent to an activating group) is 1. The Morgan fingerprint density at radius 2 is 1.54 bits per heavy atom. The summed E-state index contributed by atoms with van der Waals surface area (Å²) in [6.07, 6.45) is 2.94. The summed E-state index contributed by atoms with van der Waals surface area (Å²) in [5.41, 5.74) is 6.22. The molecule has 3 amide bonds. The number of hydrogen-bond donors (Lipinski definition) is 6. The second kappa shape index (κ2) is 25.0. The first-order valence-corrected chi connectivity index (χ1v) is 20.2. The maximum Gasteiger partial charge on any atom is 0.407 e. The molecule has 3 rings (SSSR count). The number of fused-ring (bicyclic) bond motifs is 2. The molecule has 0 aliphatic carbocycles. The van der Waals surface area contributed by atoms with Crippen molar-refractivity contribution in [3.8, 4) is 0 Å². The number of hydrazine groups is 1. The van der Waals surface area contributed by atoms with E-state index in [4.69, 9.17) is 20.1 Å². The Morgan fingerprint density at radius 3 is 2.21 bits per heavy atom. The summed E-state index contributed by atoms with van der Waals surface area (Å²) in [7, 11) is 3.46. The van der Waals surface area contributed by atoms with Gasteiger partial charge in [0.15, 0.2) is 0 Å². The Kier molecular flexibility index (Phi) is 21.3. The SMILES string of the molecule is CC.CCC(=O)C(CCCCNC(=O)OCCN/C1=C(\NN)c2ccccc2N(C(=O)CCC(=O)NCC(C)(C)OCCC(C)(C)OC)Cc2ccccc21)NC. The molecule has 14 nitrogen and oxygen atoms in total. The van der Waals surface area contributed by atoms with Crippen LogP contribution in [-0.2, 0) is 35.1 Å². The number of alkyl carbamates (subject to hydrolysis) is 1. The number of nitrogens with one attached hydrogen (secondary N) is 5. The first kappa shape index (κ1) is 48.6. The minimum atomic E-state index is -0.591. The number of benzene rings is 2. The van der Waals surface area contributed by atoms with Crippen LogP contribution in [0.25, 0.3) is 11.4 Å². The number of carbonyl (C=O) groups is 4. The highest BCUT2D eigenvalue weighted by atomic mass is 16.5. The Hall–Kier alpha value is -4.50. The highest BCUT2D eigenvalue weighted by molar-refractivity contribution is 6.02. The molecule has 0 spiro atoms. The van der Waals surface area contributed by atoms with Crippen molar-refractivity contribution in [2.45, 2.75) is 117 Å². The Bertz CT molecular complexity index is 1610. The fourth-order valence-electron chi connectivity index (χ4n) is 6.13. The van der Waals surface area contributed by atoms with E-state index in [1.165, 1.54) is 0 Å². The van der Waals surface area contributed by atoms with Crippen LogP contribution in [0, 0.1) is 0 Å². The van der Waals surface area contributed by atoms with Crippen LogP contribution in [0.1, 0.15) is 110 Å². The number of rotatable bonds is 23. The predicted molar refractivity (Wildman–Crippen MR) is 227 cm³/mol. The van der Waals surface area contributed by atoms with Gasteiger partial charge in [-0.2, -0.15) is 0 Å².